The minimum atomic E-state index is -0.943. The zero-order valence-corrected chi connectivity index (χ0v) is 11.0. The van der Waals surface area contributed by atoms with Gasteiger partial charge in [0.2, 0.25) is 0 Å². The molecule has 0 aliphatic heterocycles. The molecule has 0 saturated heterocycles. The van der Waals surface area contributed by atoms with Crippen molar-refractivity contribution in [2.75, 3.05) is 13.7 Å². The third-order valence-corrected chi connectivity index (χ3v) is 2.54. The van der Waals surface area contributed by atoms with Gasteiger partial charge in [0, 0.05) is 0 Å². The lowest BCUT2D eigenvalue weighted by molar-refractivity contribution is -0.157. The van der Waals surface area contributed by atoms with Gasteiger partial charge in [0.25, 0.3) is 0 Å². The first-order chi connectivity index (χ1) is 7.76. The van der Waals surface area contributed by atoms with E-state index in [2.05, 4.69) is 4.74 Å². The maximum atomic E-state index is 11.7. The zero-order valence-electron chi connectivity index (χ0n) is 11.0. The highest BCUT2D eigenvalue weighted by Crippen LogP contribution is 2.33. The molecule has 5 heteroatoms. The largest absolute Gasteiger partial charge is 0.469 e. The summed E-state index contributed by atoms with van der Waals surface area (Å²) in [4.78, 5) is 34.5. The Morgan fingerprint density at radius 2 is 1.76 bits per heavy atom. The van der Waals surface area contributed by atoms with Gasteiger partial charge in [0.1, 0.15) is 11.7 Å². The summed E-state index contributed by atoms with van der Waals surface area (Å²) in [5.41, 5.74) is -0.814. The molecule has 17 heavy (non-hydrogen) atoms. The summed E-state index contributed by atoms with van der Waals surface area (Å²) in [7, 11) is 1.27. The van der Waals surface area contributed by atoms with Gasteiger partial charge in [-0.1, -0.05) is 13.8 Å². The average Bonchev–Trinajstić information content (AvgIpc) is 2.15. The van der Waals surface area contributed by atoms with Crippen LogP contribution in [0.25, 0.3) is 0 Å². The number of rotatable bonds is 6. The maximum absolute atomic E-state index is 11.7. The first-order valence-corrected chi connectivity index (χ1v) is 5.50. The molecule has 0 N–H and O–H groups in total. The van der Waals surface area contributed by atoms with Crippen molar-refractivity contribution < 1.29 is 23.9 Å². The van der Waals surface area contributed by atoms with E-state index in [0.717, 1.165) is 0 Å². The van der Waals surface area contributed by atoms with Crippen molar-refractivity contribution >= 4 is 17.7 Å². The molecule has 0 rings (SSSR count). The molecule has 0 aliphatic rings. The van der Waals surface area contributed by atoms with Gasteiger partial charge in [-0.2, -0.15) is 0 Å². The molecule has 0 saturated carbocycles. The Morgan fingerprint density at radius 1 is 1.24 bits per heavy atom. The van der Waals surface area contributed by atoms with Crippen LogP contribution in [-0.2, 0) is 23.9 Å². The van der Waals surface area contributed by atoms with E-state index in [0.29, 0.717) is 0 Å². The Bertz CT molecular complexity index is 306. The molecule has 0 aromatic rings. The number of methoxy groups -OCH3 is 1. The van der Waals surface area contributed by atoms with Crippen molar-refractivity contribution in [1.29, 1.82) is 0 Å². The van der Waals surface area contributed by atoms with Gasteiger partial charge in [-0.15, -0.1) is 0 Å². The lowest BCUT2D eigenvalue weighted by Gasteiger charge is -2.29. The van der Waals surface area contributed by atoms with Crippen LogP contribution in [-0.4, -0.2) is 31.4 Å². The summed E-state index contributed by atoms with van der Waals surface area (Å²) in [5.74, 6) is -2.29. The summed E-state index contributed by atoms with van der Waals surface area (Å²) in [6, 6.07) is 0. The van der Waals surface area contributed by atoms with Crippen LogP contribution in [0.5, 0.6) is 0 Å². The lowest BCUT2D eigenvalue weighted by atomic mass is 9.74. The Hall–Kier alpha value is -1.39. The predicted octanol–water partition coefficient (Wildman–Crippen LogP) is 1.34. The van der Waals surface area contributed by atoms with E-state index >= 15 is 0 Å². The molecule has 0 bridgehead atoms. The van der Waals surface area contributed by atoms with Crippen LogP contribution in [0.1, 0.15) is 34.1 Å². The third kappa shape index (κ3) is 4.54. The number of hydrogen-bond donors (Lipinski definition) is 0. The van der Waals surface area contributed by atoms with Gasteiger partial charge in [-0.3, -0.25) is 14.4 Å². The highest BCUT2D eigenvalue weighted by molar-refractivity contribution is 5.99. The first kappa shape index (κ1) is 15.6. The first-order valence-electron chi connectivity index (χ1n) is 5.50. The Morgan fingerprint density at radius 3 is 2.12 bits per heavy atom. The van der Waals surface area contributed by atoms with E-state index < -0.39 is 23.3 Å². The molecule has 1 unspecified atom stereocenters. The van der Waals surface area contributed by atoms with Gasteiger partial charge in [0.15, 0.2) is 0 Å². The second-order valence-corrected chi connectivity index (χ2v) is 4.54. The highest BCUT2D eigenvalue weighted by atomic mass is 16.5. The van der Waals surface area contributed by atoms with Gasteiger partial charge in [-0.25, -0.2) is 0 Å². The van der Waals surface area contributed by atoms with Gasteiger partial charge in [-0.05, 0) is 19.3 Å². The van der Waals surface area contributed by atoms with E-state index in [4.69, 9.17) is 4.74 Å². The second kappa shape index (κ2) is 6.37. The van der Waals surface area contributed by atoms with E-state index in [-0.39, 0.29) is 18.8 Å². The lowest BCUT2D eigenvalue weighted by Crippen LogP contribution is -2.39. The predicted molar refractivity (Wildman–Crippen MR) is 61.2 cm³/mol. The number of carbonyl (C=O) groups excluding carboxylic acids is 3. The standard InChI is InChI=1S/C12H20O5/c1-6-17-11(15)10(8(2)13)12(3,4)7-9(14)16-5/h10H,6-7H2,1-5H3. The van der Waals surface area contributed by atoms with Crippen LogP contribution >= 0.6 is 0 Å². The van der Waals surface area contributed by atoms with Crippen LogP contribution in [0.2, 0.25) is 0 Å². The number of ketones is 1. The number of carbonyl (C=O) groups is 3. The summed E-state index contributed by atoms with van der Waals surface area (Å²) < 4.78 is 9.41. The molecule has 0 aromatic carbocycles. The molecule has 0 aliphatic carbocycles. The average molecular weight is 244 g/mol. The monoisotopic (exact) mass is 244 g/mol. The van der Waals surface area contributed by atoms with E-state index in [1.54, 1.807) is 20.8 Å². The van der Waals surface area contributed by atoms with Crippen molar-refractivity contribution in [1.82, 2.24) is 0 Å². The Labute approximate surface area is 101 Å². The minimum absolute atomic E-state index is 0.00738. The van der Waals surface area contributed by atoms with Gasteiger partial charge in [0.05, 0.1) is 20.1 Å². The third-order valence-electron chi connectivity index (χ3n) is 2.54. The fourth-order valence-corrected chi connectivity index (χ4v) is 1.81. The summed E-state index contributed by atoms with van der Waals surface area (Å²) in [5, 5.41) is 0. The van der Waals surface area contributed by atoms with E-state index in [9.17, 15) is 14.4 Å². The number of Topliss-reactive ketones (excluding diaryl/α,β-unsaturated/α-hetero) is 1. The molecular formula is C12H20O5. The van der Waals surface area contributed by atoms with Gasteiger partial charge >= 0.3 is 11.9 Å². The SMILES string of the molecule is CCOC(=O)C(C(C)=O)C(C)(C)CC(=O)OC. The highest BCUT2D eigenvalue weighted by Gasteiger charge is 2.41. The minimum Gasteiger partial charge on any atom is -0.469 e. The van der Waals surface area contributed by atoms with Crippen LogP contribution < -0.4 is 0 Å². The van der Waals surface area contributed by atoms with Gasteiger partial charge < -0.3 is 9.47 Å². The molecular weight excluding hydrogens is 224 g/mol. The Kier molecular flexibility index (Phi) is 5.85. The summed E-state index contributed by atoms with van der Waals surface area (Å²) >= 11 is 0. The molecule has 98 valence electrons. The van der Waals surface area contributed by atoms with Crippen molar-refractivity contribution in [3.63, 3.8) is 0 Å². The number of esters is 2. The topological polar surface area (TPSA) is 69.7 Å². The van der Waals surface area contributed by atoms with Crippen molar-refractivity contribution in [2.24, 2.45) is 11.3 Å². The molecule has 0 heterocycles. The molecule has 0 amide bonds. The molecule has 0 spiro atoms. The Balaban J connectivity index is 4.97. The molecule has 0 radical (unpaired) electrons. The normalized spacial score (nSPS) is 12.8. The van der Waals surface area contributed by atoms with Crippen LogP contribution in [0.4, 0.5) is 0 Å². The fourth-order valence-electron chi connectivity index (χ4n) is 1.81. The van der Waals surface area contributed by atoms with Crippen molar-refractivity contribution in [3.05, 3.63) is 0 Å². The van der Waals surface area contributed by atoms with Crippen molar-refractivity contribution in [2.45, 2.75) is 34.1 Å². The second-order valence-electron chi connectivity index (χ2n) is 4.54. The molecule has 0 fully saturated rings. The zero-order chi connectivity index (χ0) is 13.6. The molecule has 1 atom stereocenters. The van der Waals surface area contributed by atoms with Crippen LogP contribution in [0, 0.1) is 11.3 Å². The maximum Gasteiger partial charge on any atom is 0.317 e. The van der Waals surface area contributed by atoms with Crippen LogP contribution in [0.15, 0.2) is 0 Å². The van der Waals surface area contributed by atoms with Crippen LogP contribution in [0.3, 0.4) is 0 Å². The molecule has 5 nitrogen and oxygen atoms in total. The smallest absolute Gasteiger partial charge is 0.317 e. The fraction of sp³-hybridized carbons (Fsp3) is 0.750. The number of hydrogen-bond acceptors (Lipinski definition) is 5. The summed E-state index contributed by atoms with van der Waals surface area (Å²) in [6.45, 7) is 6.54. The van der Waals surface area contributed by atoms with E-state index in [1.165, 1.54) is 14.0 Å². The van der Waals surface area contributed by atoms with Crippen molar-refractivity contribution in [3.8, 4) is 0 Å². The quantitative estimate of drug-likeness (QED) is 0.521. The van der Waals surface area contributed by atoms with E-state index in [1.807, 2.05) is 0 Å². The summed E-state index contributed by atoms with van der Waals surface area (Å²) in [6.07, 6.45) is -0.00738. The molecule has 0 aromatic heterocycles. The number of ether oxygens (including phenoxy) is 2.